The summed E-state index contributed by atoms with van der Waals surface area (Å²) in [4.78, 5) is 13.7. The van der Waals surface area contributed by atoms with E-state index >= 15 is 0 Å². The normalized spacial score (nSPS) is 17.9. The minimum atomic E-state index is 0.367. The highest BCUT2D eigenvalue weighted by Gasteiger charge is 2.15. The molecule has 15 heavy (non-hydrogen) atoms. The van der Waals surface area contributed by atoms with Crippen LogP contribution in [0.1, 0.15) is 51.4 Å². The summed E-state index contributed by atoms with van der Waals surface area (Å²) in [6.07, 6.45) is 8.94. The van der Waals surface area contributed by atoms with Crippen molar-refractivity contribution in [2.24, 2.45) is 5.73 Å². The van der Waals surface area contributed by atoms with Crippen molar-refractivity contribution in [2.45, 2.75) is 51.4 Å². The lowest BCUT2D eigenvalue weighted by Gasteiger charge is -2.20. The van der Waals surface area contributed by atoms with Crippen LogP contribution in [0.15, 0.2) is 0 Å². The van der Waals surface area contributed by atoms with Crippen LogP contribution < -0.4 is 5.73 Å². The van der Waals surface area contributed by atoms with Gasteiger partial charge in [-0.05, 0) is 32.2 Å². The molecular weight excluding hydrogens is 188 g/mol. The van der Waals surface area contributed by atoms with Gasteiger partial charge >= 0.3 is 0 Å². The Morgan fingerprint density at radius 2 is 1.87 bits per heavy atom. The van der Waals surface area contributed by atoms with E-state index < -0.39 is 0 Å². The van der Waals surface area contributed by atoms with Crippen molar-refractivity contribution in [3.63, 3.8) is 0 Å². The molecule has 88 valence electrons. The number of nitrogens with two attached hydrogens (primary N) is 1. The van der Waals surface area contributed by atoms with Gasteiger partial charge in [-0.15, -0.1) is 0 Å². The molecule has 3 nitrogen and oxygen atoms in total. The summed E-state index contributed by atoms with van der Waals surface area (Å²) < 4.78 is 0. The Hall–Kier alpha value is -0.570. The van der Waals surface area contributed by atoms with E-state index in [-0.39, 0.29) is 0 Å². The van der Waals surface area contributed by atoms with E-state index in [1.54, 1.807) is 0 Å². The smallest absolute Gasteiger partial charge is 0.222 e. The maximum absolute atomic E-state index is 11.6. The molecule has 0 spiro atoms. The number of hydrogen-bond acceptors (Lipinski definition) is 2. The zero-order valence-electron chi connectivity index (χ0n) is 9.71. The monoisotopic (exact) mass is 212 g/mol. The Morgan fingerprint density at radius 3 is 2.67 bits per heavy atom. The van der Waals surface area contributed by atoms with Gasteiger partial charge in [0, 0.05) is 19.5 Å². The highest BCUT2D eigenvalue weighted by Crippen LogP contribution is 2.12. The van der Waals surface area contributed by atoms with Crippen LogP contribution in [-0.2, 0) is 4.79 Å². The average Bonchev–Trinajstić information content (AvgIpc) is 2.44. The van der Waals surface area contributed by atoms with E-state index in [2.05, 4.69) is 4.90 Å². The van der Waals surface area contributed by atoms with Crippen molar-refractivity contribution in [1.82, 2.24) is 4.90 Å². The van der Waals surface area contributed by atoms with E-state index in [9.17, 15) is 4.79 Å². The van der Waals surface area contributed by atoms with Crippen LogP contribution in [0.4, 0.5) is 0 Å². The summed E-state index contributed by atoms with van der Waals surface area (Å²) in [6, 6.07) is 0. The van der Waals surface area contributed by atoms with E-state index in [1.807, 2.05) is 0 Å². The molecule has 0 aromatic carbocycles. The van der Waals surface area contributed by atoms with Gasteiger partial charge in [0.15, 0.2) is 0 Å². The predicted molar refractivity (Wildman–Crippen MR) is 62.6 cm³/mol. The second-order valence-electron chi connectivity index (χ2n) is 4.39. The van der Waals surface area contributed by atoms with Crippen molar-refractivity contribution >= 4 is 5.91 Å². The molecule has 1 fully saturated rings. The van der Waals surface area contributed by atoms with Crippen molar-refractivity contribution in [2.75, 3.05) is 19.6 Å². The Labute approximate surface area is 93.0 Å². The van der Waals surface area contributed by atoms with Gasteiger partial charge in [-0.3, -0.25) is 4.79 Å². The lowest BCUT2D eigenvalue weighted by molar-refractivity contribution is -0.130. The Kier molecular flexibility index (Phi) is 6.41. The van der Waals surface area contributed by atoms with Crippen molar-refractivity contribution in [1.29, 1.82) is 0 Å². The van der Waals surface area contributed by atoms with Gasteiger partial charge in [-0.2, -0.15) is 0 Å². The molecule has 1 aliphatic rings. The number of unbranched alkanes of at least 4 members (excludes halogenated alkanes) is 3. The first kappa shape index (κ1) is 12.5. The summed E-state index contributed by atoms with van der Waals surface area (Å²) in [6.45, 7) is 2.74. The molecule has 1 aliphatic heterocycles. The first-order chi connectivity index (χ1) is 7.34. The summed E-state index contributed by atoms with van der Waals surface area (Å²) in [5.74, 6) is 0.367. The molecular formula is C12H24N2O. The molecule has 0 radical (unpaired) electrons. The molecule has 0 aromatic heterocycles. The van der Waals surface area contributed by atoms with Crippen LogP contribution in [0.25, 0.3) is 0 Å². The standard InChI is InChI=1S/C12H24N2O/c13-9-5-1-2-6-10-14-11-7-3-4-8-12(14)15/h1-11,13H2. The molecule has 0 aliphatic carbocycles. The van der Waals surface area contributed by atoms with E-state index in [4.69, 9.17) is 5.73 Å². The number of amides is 1. The van der Waals surface area contributed by atoms with Crippen LogP contribution in [0.5, 0.6) is 0 Å². The third kappa shape index (κ3) is 5.17. The molecule has 0 saturated carbocycles. The van der Waals surface area contributed by atoms with Crippen LogP contribution >= 0.6 is 0 Å². The third-order valence-electron chi connectivity index (χ3n) is 3.05. The number of likely N-dealkylation sites (tertiary alicyclic amines) is 1. The fraction of sp³-hybridized carbons (Fsp3) is 0.917. The van der Waals surface area contributed by atoms with E-state index in [0.29, 0.717) is 5.91 Å². The predicted octanol–water partition coefficient (Wildman–Crippen LogP) is 1.91. The minimum absolute atomic E-state index is 0.367. The second kappa shape index (κ2) is 7.69. The number of carbonyl (C=O) groups is 1. The molecule has 0 bridgehead atoms. The minimum Gasteiger partial charge on any atom is -0.343 e. The van der Waals surface area contributed by atoms with Gasteiger partial charge in [0.05, 0.1) is 0 Å². The molecule has 2 N–H and O–H groups in total. The summed E-state index contributed by atoms with van der Waals surface area (Å²) >= 11 is 0. The average molecular weight is 212 g/mol. The van der Waals surface area contributed by atoms with Gasteiger partial charge < -0.3 is 10.6 Å². The maximum atomic E-state index is 11.6. The van der Waals surface area contributed by atoms with Crippen molar-refractivity contribution in [3.8, 4) is 0 Å². The summed E-state index contributed by atoms with van der Waals surface area (Å²) in [5.41, 5.74) is 5.43. The molecule has 1 saturated heterocycles. The lowest BCUT2D eigenvalue weighted by atomic mass is 10.2. The fourth-order valence-corrected chi connectivity index (χ4v) is 2.08. The topological polar surface area (TPSA) is 46.3 Å². The Balaban J connectivity index is 2.10. The van der Waals surface area contributed by atoms with Gasteiger partial charge in [0.2, 0.25) is 5.91 Å². The quantitative estimate of drug-likeness (QED) is 0.684. The SMILES string of the molecule is NCCCCCCN1CCCCCC1=O. The zero-order valence-corrected chi connectivity index (χ0v) is 9.71. The highest BCUT2D eigenvalue weighted by molar-refractivity contribution is 5.76. The van der Waals surface area contributed by atoms with E-state index in [0.717, 1.165) is 45.3 Å². The lowest BCUT2D eigenvalue weighted by Crippen LogP contribution is -2.31. The molecule has 0 atom stereocenters. The Morgan fingerprint density at radius 1 is 1.07 bits per heavy atom. The van der Waals surface area contributed by atoms with Crippen LogP contribution in [0.2, 0.25) is 0 Å². The molecule has 3 heteroatoms. The number of rotatable bonds is 6. The number of carbonyl (C=O) groups excluding carboxylic acids is 1. The molecule has 0 unspecified atom stereocenters. The molecule has 1 heterocycles. The van der Waals surface area contributed by atoms with Crippen molar-refractivity contribution in [3.05, 3.63) is 0 Å². The van der Waals surface area contributed by atoms with E-state index in [1.165, 1.54) is 25.7 Å². The molecule has 1 rings (SSSR count). The summed E-state index contributed by atoms with van der Waals surface area (Å²) in [7, 11) is 0. The largest absolute Gasteiger partial charge is 0.343 e. The molecule has 0 aromatic rings. The van der Waals surface area contributed by atoms with Gasteiger partial charge in [0.1, 0.15) is 0 Å². The van der Waals surface area contributed by atoms with Crippen LogP contribution in [0, 0.1) is 0 Å². The fourth-order valence-electron chi connectivity index (χ4n) is 2.08. The van der Waals surface area contributed by atoms with Gasteiger partial charge in [-0.1, -0.05) is 19.3 Å². The van der Waals surface area contributed by atoms with Crippen LogP contribution in [-0.4, -0.2) is 30.4 Å². The molecule has 1 amide bonds. The maximum Gasteiger partial charge on any atom is 0.222 e. The third-order valence-corrected chi connectivity index (χ3v) is 3.05. The second-order valence-corrected chi connectivity index (χ2v) is 4.39. The van der Waals surface area contributed by atoms with Crippen molar-refractivity contribution < 1.29 is 4.79 Å². The van der Waals surface area contributed by atoms with Gasteiger partial charge in [0.25, 0.3) is 0 Å². The number of hydrogen-bond donors (Lipinski definition) is 1. The highest BCUT2D eigenvalue weighted by atomic mass is 16.2. The zero-order chi connectivity index (χ0) is 10.9. The summed E-state index contributed by atoms with van der Waals surface area (Å²) in [5, 5.41) is 0. The number of nitrogens with zero attached hydrogens (tertiary/aromatic N) is 1. The van der Waals surface area contributed by atoms with Crippen LogP contribution in [0.3, 0.4) is 0 Å². The Bertz CT molecular complexity index is 182. The first-order valence-electron chi connectivity index (χ1n) is 6.32. The van der Waals surface area contributed by atoms with Gasteiger partial charge in [-0.25, -0.2) is 0 Å². The first-order valence-corrected chi connectivity index (χ1v) is 6.32.